The molecule has 0 radical (unpaired) electrons. The summed E-state index contributed by atoms with van der Waals surface area (Å²) in [6, 6.07) is 9.86. The second-order valence-corrected chi connectivity index (χ2v) is 10.5. The largest absolute Gasteiger partial charge is 0.497 e. The molecule has 12 heteroatoms. The van der Waals surface area contributed by atoms with Gasteiger partial charge in [-0.1, -0.05) is 6.07 Å². The van der Waals surface area contributed by atoms with Crippen LogP contribution in [-0.2, 0) is 16.2 Å². The first kappa shape index (κ1) is 22.6. The summed E-state index contributed by atoms with van der Waals surface area (Å²) < 4.78 is 71.7. The zero-order valence-corrected chi connectivity index (χ0v) is 18.9. The third-order valence-electron chi connectivity index (χ3n) is 5.28. The van der Waals surface area contributed by atoms with E-state index in [-0.39, 0.29) is 10.6 Å². The average Bonchev–Trinajstić information content (AvgIpc) is 3.41. The van der Waals surface area contributed by atoms with Crippen molar-refractivity contribution < 1.29 is 26.3 Å². The molecule has 1 N–H and O–H groups in total. The summed E-state index contributed by atoms with van der Waals surface area (Å²) in [5.41, 5.74) is 0.0424. The van der Waals surface area contributed by atoms with Gasteiger partial charge in [-0.3, -0.25) is 5.10 Å². The van der Waals surface area contributed by atoms with Gasteiger partial charge in [-0.2, -0.15) is 22.6 Å². The smallest absolute Gasteiger partial charge is 0.432 e. The van der Waals surface area contributed by atoms with E-state index in [0.29, 0.717) is 35.9 Å². The lowest BCUT2D eigenvalue weighted by Crippen LogP contribution is -2.48. The predicted molar refractivity (Wildman–Crippen MR) is 116 cm³/mol. The molecule has 3 heterocycles. The Kier molecular flexibility index (Phi) is 5.94. The second-order valence-electron chi connectivity index (χ2n) is 7.29. The highest BCUT2D eigenvalue weighted by Crippen LogP contribution is 2.37. The van der Waals surface area contributed by atoms with Crippen molar-refractivity contribution in [1.29, 1.82) is 0 Å². The molecule has 0 aliphatic carbocycles. The molecule has 3 aromatic rings. The topological polar surface area (TPSA) is 78.5 Å². The van der Waals surface area contributed by atoms with Crippen LogP contribution in [0.5, 0.6) is 5.75 Å². The number of hydrogen-bond acceptors (Lipinski definition) is 6. The first-order valence-electron chi connectivity index (χ1n) is 9.72. The summed E-state index contributed by atoms with van der Waals surface area (Å²) in [6.45, 7) is 3.26. The first-order chi connectivity index (χ1) is 15.1. The van der Waals surface area contributed by atoms with Crippen LogP contribution in [0, 0.1) is 6.92 Å². The normalized spacial score (nSPS) is 15.8. The SMILES string of the molecule is COc1cccc(N2CCN(S(=O)(=O)c3cc(-c4cc(C(F)(F)F)[nH]n4)sc3C)CC2)c1. The van der Waals surface area contributed by atoms with Crippen LogP contribution < -0.4 is 9.64 Å². The lowest BCUT2D eigenvalue weighted by Gasteiger charge is -2.35. The number of aromatic amines is 1. The van der Waals surface area contributed by atoms with Gasteiger partial charge in [0.25, 0.3) is 0 Å². The zero-order chi connectivity index (χ0) is 23.1. The highest BCUT2D eigenvalue weighted by molar-refractivity contribution is 7.89. The molecule has 0 saturated carbocycles. The Morgan fingerprint density at radius 2 is 1.84 bits per heavy atom. The summed E-state index contributed by atoms with van der Waals surface area (Å²) in [6.07, 6.45) is -4.55. The Morgan fingerprint density at radius 1 is 1.12 bits per heavy atom. The number of benzene rings is 1. The Hall–Kier alpha value is -2.57. The molecule has 0 unspecified atom stereocenters. The Balaban J connectivity index is 1.51. The molecule has 1 aliphatic heterocycles. The zero-order valence-electron chi connectivity index (χ0n) is 17.3. The summed E-state index contributed by atoms with van der Waals surface area (Å²) in [7, 11) is -2.20. The van der Waals surface area contributed by atoms with Gasteiger partial charge in [0, 0.05) is 42.8 Å². The average molecular weight is 487 g/mol. The third-order valence-corrected chi connectivity index (χ3v) is 8.51. The lowest BCUT2D eigenvalue weighted by molar-refractivity contribution is -0.141. The number of H-pyrrole nitrogens is 1. The number of methoxy groups -OCH3 is 1. The van der Waals surface area contributed by atoms with Crippen molar-refractivity contribution in [1.82, 2.24) is 14.5 Å². The Labute approximate surface area is 187 Å². The summed E-state index contributed by atoms with van der Waals surface area (Å²) >= 11 is 1.10. The van der Waals surface area contributed by atoms with E-state index >= 15 is 0 Å². The van der Waals surface area contributed by atoms with Gasteiger partial charge in [0.2, 0.25) is 10.0 Å². The number of halogens is 3. The number of thiophene rings is 1. The molecular weight excluding hydrogens is 465 g/mol. The summed E-state index contributed by atoms with van der Waals surface area (Å²) in [4.78, 5) is 3.06. The fraction of sp³-hybridized carbons (Fsp3) is 0.350. The van der Waals surface area contributed by atoms with Crippen molar-refractivity contribution in [2.75, 3.05) is 38.2 Å². The first-order valence-corrected chi connectivity index (χ1v) is 12.0. The van der Waals surface area contributed by atoms with E-state index in [0.717, 1.165) is 28.8 Å². The van der Waals surface area contributed by atoms with Gasteiger partial charge in [-0.25, -0.2) is 8.42 Å². The van der Waals surface area contributed by atoms with Gasteiger partial charge < -0.3 is 9.64 Å². The van der Waals surface area contributed by atoms with Crippen LogP contribution in [0.1, 0.15) is 10.6 Å². The number of aromatic nitrogens is 2. The molecule has 4 rings (SSSR count). The molecular formula is C20H21F3N4O3S2. The van der Waals surface area contributed by atoms with Gasteiger partial charge in [-0.15, -0.1) is 11.3 Å². The van der Waals surface area contributed by atoms with E-state index in [9.17, 15) is 21.6 Å². The number of nitrogens with one attached hydrogen (secondary N) is 1. The fourth-order valence-corrected chi connectivity index (χ4v) is 6.52. The number of rotatable bonds is 5. The second kappa shape index (κ2) is 8.41. The van der Waals surface area contributed by atoms with Crippen molar-refractivity contribution in [3.63, 3.8) is 0 Å². The van der Waals surface area contributed by atoms with Crippen LogP contribution in [0.4, 0.5) is 18.9 Å². The number of nitrogens with zero attached hydrogens (tertiary/aromatic N) is 3. The monoisotopic (exact) mass is 486 g/mol. The molecule has 1 aliphatic rings. The molecule has 1 fully saturated rings. The minimum atomic E-state index is -4.55. The van der Waals surface area contributed by atoms with Gasteiger partial charge in [-0.05, 0) is 31.2 Å². The standard InChI is InChI=1S/C20H21F3N4O3S2/c1-13-18(12-17(31-13)16-11-19(25-24-16)20(21,22)23)32(28,29)27-8-6-26(7-9-27)14-4-3-5-15(10-14)30-2/h3-5,10-12H,6-9H2,1-2H3,(H,24,25). The molecule has 1 saturated heterocycles. The van der Waals surface area contributed by atoms with Gasteiger partial charge in [0.1, 0.15) is 17.1 Å². The number of piperazine rings is 1. The van der Waals surface area contributed by atoms with Crippen molar-refractivity contribution in [2.45, 2.75) is 18.0 Å². The third kappa shape index (κ3) is 4.34. The Morgan fingerprint density at radius 3 is 2.47 bits per heavy atom. The maximum absolute atomic E-state index is 13.2. The molecule has 2 aromatic heterocycles. The van der Waals surface area contributed by atoms with E-state index in [1.807, 2.05) is 29.4 Å². The van der Waals surface area contributed by atoms with E-state index < -0.39 is 21.9 Å². The molecule has 0 spiro atoms. The predicted octanol–water partition coefficient (Wildman–Crippen LogP) is 3.98. The van der Waals surface area contributed by atoms with Gasteiger partial charge in [0.05, 0.1) is 16.9 Å². The van der Waals surface area contributed by atoms with E-state index in [1.54, 1.807) is 14.0 Å². The van der Waals surface area contributed by atoms with Crippen LogP contribution in [-0.4, -0.2) is 56.2 Å². The minimum Gasteiger partial charge on any atom is -0.497 e. The van der Waals surface area contributed by atoms with Crippen LogP contribution in [0.3, 0.4) is 0 Å². The molecule has 7 nitrogen and oxygen atoms in total. The molecule has 0 atom stereocenters. The van der Waals surface area contributed by atoms with Crippen LogP contribution in [0.15, 0.2) is 41.3 Å². The van der Waals surface area contributed by atoms with Crippen LogP contribution >= 0.6 is 11.3 Å². The molecule has 32 heavy (non-hydrogen) atoms. The van der Waals surface area contributed by atoms with Crippen LogP contribution in [0.25, 0.3) is 10.6 Å². The number of ether oxygens (including phenoxy) is 1. The molecule has 172 valence electrons. The minimum absolute atomic E-state index is 0.0646. The highest BCUT2D eigenvalue weighted by Gasteiger charge is 2.34. The van der Waals surface area contributed by atoms with E-state index in [1.165, 1.54) is 10.4 Å². The maximum atomic E-state index is 13.2. The van der Waals surface area contributed by atoms with E-state index in [4.69, 9.17) is 4.74 Å². The number of hydrogen-bond donors (Lipinski definition) is 1. The number of alkyl halides is 3. The number of sulfonamides is 1. The molecule has 0 amide bonds. The number of aryl methyl sites for hydroxylation is 1. The summed E-state index contributed by atoms with van der Waals surface area (Å²) in [5, 5.41) is 5.66. The van der Waals surface area contributed by atoms with Gasteiger partial charge in [0.15, 0.2) is 0 Å². The van der Waals surface area contributed by atoms with E-state index in [2.05, 4.69) is 10.00 Å². The lowest BCUT2D eigenvalue weighted by atomic mass is 10.2. The Bertz CT molecular complexity index is 1210. The highest BCUT2D eigenvalue weighted by atomic mass is 32.2. The van der Waals surface area contributed by atoms with Crippen LogP contribution in [0.2, 0.25) is 0 Å². The van der Waals surface area contributed by atoms with Gasteiger partial charge >= 0.3 is 6.18 Å². The van der Waals surface area contributed by atoms with Crippen molar-refractivity contribution >= 4 is 27.0 Å². The van der Waals surface area contributed by atoms with Crippen molar-refractivity contribution in [3.8, 4) is 16.3 Å². The molecule has 1 aromatic carbocycles. The summed E-state index contributed by atoms with van der Waals surface area (Å²) in [5.74, 6) is 0.728. The number of anilines is 1. The molecule has 0 bridgehead atoms. The van der Waals surface area contributed by atoms with Crippen molar-refractivity contribution in [2.24, 2.45) is 0 Å². The quantitative estimate of drug-likeness (QED) is 0.590. The fourth-order valence-electron chi connectivity index (χ4n) is 3.57. The maximum Gasteiger partial charge on any atom is 0.432 e. The van der Waals surface area contributed by atoms with Crippen molar-refractivity contribution in [3.05, 3.63) is 47.0 Å².